The molecule has 4 nitrogen and oxygen atoms in total. The molecule has 0 saturated heterocycles. The van der Waals surface area contributed by atoms with Crippen LogP contribution >= 0.6 is 0 Å². The van der Waals surface area contributed by atoms with E-state index in [1.54, 1.807) is 0 Å². The number of rotatable bonds is 1. The van der Waals surface area contributed by atoms with Gasteiger partial charge in [-0.25, -0.2) is 4.58 Å². The first-order chi connectivity index (χ1) is 12.5. The summed E-state index contributed by atoms with van der Waals surface area (Å²) in [5.74, 6) is 0.0766. The number of ketones is 1. The van der Waals surface area contributed by atoms with E-state index in [0.29, 0.717) is 11.1 Å². The molecule has 3 aliphatic rings. The van der Waals surface area contributed by atoms with E-state index in [-0.39, 0.29) is 11.5 Å². The van der Waals surface area contributed by atoms with Crippen molar-refractivity contribution in [2.24, 2.45) is 0 Å². The molecule has 130 valence electrons. The van der Waals surface area contributed by atoms with Crippen LogP contribution in [0.15, 0.2) is 42.2 Å². The summed E-state index contributed by atoms with van der Waals surface area (Å²) in [6.07, 6.45) is 1.97. The minimum atomic E-state index is -0.0555. The van der Waals surface area contributed by atoms with Crippen LogP contribution < -0.4 is 20.1 Å². The van der Waals surface area contributed by atoms with E-state index in [4.69, 9.17) is 0 Å². The van der Waals surface area contributed by atoms with Crippen LogP contribution in [0, 0.1) is 0 Å². The third kappa shape index (κ3) is 2.02. The molecule has 1 aliphatic carbocycles. The second kappa shape index (κ2) is 5.31. The highest BCUT2D eigenvalue weighted by atomic mass is 16.3. The van der Waals surface area contributed by atoms with Crippen LogP contribution in [0.1, 0.15) is 16.7 Å². The number of anilines is 1. The largest absolute Gasteiger partial charge is 0.506 e. The van der Waals surface area contributed by atoms with Crippen LogP contribution in [-0.4, -0.2) is 38.1 Å². The highest BCUT2D eigenvalue weighted by Crippen LogP contribution is 2.38. The smallest absolute Gasteiger partial charge is 0.203 e. The maximum absolute atomic E-state index is 12.8. The number of hydrogen-bond acceptors (Lipinski definition) is 3. The number of benzene rings is 2. The van der Waals surface area contributed by atoms with Crippen molar-refractivity contribution in [2.75, 3.05) is 32.1 Å². The van der Waals surface area contributed by atoms with Gasteiger partial charge in [-0.2, -0.15) is 0 Å². The lowest BCUT2D eigenvalue weighted by atomic mass is 9.81. The monoisotopic (exact) mass is 345 g/mol. The molecular weight excluding hydrogens is 324 g/mol. The van der Waals surface area contributed by atoms with Gasteiger partial charge in [0.1, 0.15) is 19.4 Å². The second-order valence-corrected chi connectivity index (χ2v) is 7.46. The molecule has 0 bridgehead atoms. The fourth-order valence-electron chi connectivity index (χ4n) is 4.38. The minimum absolute atomic E-state index is 0.0555. The molecule has 0 fully saturated rings. The van der Waals surface area contributed by atoms with Gasteiger partial charge in [-0.05, 0) is 47.0 Å². The average molecular weight is 345 g/mol. The van der Waals surface area contributed by atoms with Gasteiger partial charge < -0.3 is 10.0 Å². The molecule has 2 heterocycles. The number of aliphatic hydroxyl groups is 1. The van der Waals surface area contributed by atoms with Crippen molar-refractivity contribution in [1.29, 1.82) is 0 Å². The number of likely N-dealkylation sites (N-methyl/N-ethyl adjacent to an activating group) is 2. The molecule has 0 radical (unpaired) electrons. The Bertz CT molecular complexity index is 1140. The lowest BCUT2D eigenvalue weighted by Gasteiger charge is -2.22. The summed E-state index contributed by atoms with van der Waals surface area (Å²) in [4.78, 5) is 15.0. The quantitative estimate of drug-likeness (QED) is 0.786. The summed E-state index contributed by atoms with van der Waals surface area (Å²) in [5, 5.41) is 12.7. The molecule has 0 unspecified atom stereocenters. The Labute approximate surface area is 152 Å². The molecule has 2 aliphatic heterocycles. The third-order valence-corrected chi connectivity index (χ3v) is 5.92. The molecule has 0 amide bonds. The number of allylic oxidation sites excluding steroid dienone is 2. The zero-order chi connectivity index (χ0) is 18.0. The minimum Gasteiger partial charge on any atom is -0.506 e. The lowest BCUT2D eigenvalue weighted by molar-refractivity contribution is -0.109. The van der Waals surface area contributed by atoms with Gasteiger partial charge in [-0.1, -0.05) is 6.07 Å². The Morgan fingerprint density at radius 3 is 2.69 bits per heavy atom. The van der Waals surface area contributed by atoms with Gasteiger partial charge in [0.15, 0.2) is 0 Å². The number of hydrogen-bond donors (Lipinski definition) is 1. The van der Waals surface area contributed by atoms with Crippen LogP contribution in [-0.2, 0) is 17.6 Å². The summed E-state index contributed by atoms with van der Waals surface area (Å²) < 4.78 is 2.22. The summed E-state index contributed by atoms with van der Waals surface area (Å²) in [6, 6.07) is 12.1. The molecule has 0 saturated carbocycles. The van der Waals surface area contributed by atoms with Gasteiger partial charge >= 0.3 is 0 Å². The van der Waals surface area contributed by atoms with Crippen LogP contribution in [0.5, 0.6) is 0 Å². The molecule has 2 aromatic rings. The summed E-state index contributed by atoms with van der Waals surface area (Å²) >= 11 is 0. The van der Waals surface area contributed by atoms with Crippen LogP contribution in [0.4, 0.5) is 5.69 Å². The predicted molar refractivity (Wildman–Crippen MR) is 103 cm³/mol. The van der Waals surface area contributed by atoms with E-state index in [0.717, 1.165) is 36.7 Å². The fourth-order valence-corrected chi connectivity index (χ4v) is 4.38. The van der Waals surface area contributed by atoms with Crippen LogP contribution in [0.3, 0.4) is 0 Å². The van der Waals surface area contributed by atoms with E-state index in [9.17, 15) is 9.90 Å². The van der Waals surface area contributed by atoms with Crippen molar-refractivity contribution in [3.8, 4) is 0 Å². The zero-order valence-corrected chi connectivity index (χ0v) is 15.0. The summed E-state index contributed by atoms with van der Waals surface area (Å²) in [7, 11) is 4.15. The lowest BCUT2D eigenvalue weighted by Crippen LogP contribution is -2.29. The Hall–Kier alpha value is -2.88. The Morgan fingerprint density at radius 1 is 1.04 bits per heavy atom. The second-order valence-electron chi connectivity index (χ2n) is 7.46. The van der Waals surface area contributed by atoms with Gasteiger partial charge in [0.25, 0.3) is 0 Å². The van der Waals surface area contributed by atoms with Gasteiger partial charge in [0, 0.05) is 37.3 Å². The maximum Gasteiger partial charge on any atom is 0.203 e. The van der Waals surface area contributed by atoms with E-state index in [1.165, 1.54) is 22.2 Å². The molecule has 1 N–H and O–H groups in total. The van der Waals surface area contributed by atoms with Crippen molar-refractivity contribution >= 4 is 22.6 Å². The van der Waals surface area contributed by atoms with Crippen molar-refractivity contribution in [3.05, 3.63) is 69.4 Å². The van der Waals surface area contributed by atoms with Crippen LogP contribution in [0.2, 0.25) is 0 Å². The predicted octanol–water partition coefficient (Wildman–Crippen LogP) is 1.06. The standard InChI is InChI=1S/C22H20N2O2/c1-23-9-7-13-11-15(3-5-17(13)23)19-21(25)20(22(19)26)16-4-6-18-14(12-16)8-10-24(18)2/h3-6,11-12H,7-10H2,1-2H3/p+1. The maximum atomic E-state index is 12.8. The molecule has 4 heteroatoms. The van der Waals surface area contributed by atoms with E-state index < -0.39 is 0 Å². The molecule has 26 heavy (non-hydrogen) atoms. The van der Waals surface area contributed by atoms with E-state index >= 15 is 0 Å². The van der Waals surface area contributed by atoms with E-state index in [1.807, 2.05) is 12.1 Å². The highest BCUT2D eigenvalue weighted by Gasteiger charge is 2.36. The first-order valence-corrected chi connectivity index (χ1v) is 9.09. The van der Waals surface area contributed by atoms with Crippen LogP contribution in [0.25, 0.3) is 11.1 Å². The molecule has 0 aromatic heterocycles. The first kappa shape index (κ1) is 15.4. The average Bonchev–Trinajstić information content (AvgIpc) is 3.18. The normalized spacial score (nSPS) is 20.5. The highest BCUT2D eigenvalue weighted by molar-refractivity contribution is 6.51. The molecular formula is C22H21N2O2+. The number of Topliss-reactive ketones (excluding diaryl/α,β-unsaturated/α-hetero) is 1. The van der Waals surface area contributed by atoms with Crippen molar-refractivity contribution in [1.82, 2.24) is 4.58 Å². The summed E-state index contributed by atoms with van der Waals surface area (Å²) in [6.45, 7) is 2.00. The number of aliphatic hydroxyl groups excluding tert-OH is 1. The molecule has 2 aromatic carbocycles. The number of nitrogens with zero attached hydrogens (tertiary/aromatic N) is 2. The Balaban J connectivity index is 1.62. The summed E-state index contributed by atoms with van der Waals surface area (Å²) in [5.41, 5.74) is 5.43. The third-order valence-electron chi connectivity index (χ3n) is 5.92. The van der Waals surface area contributed by atoms with Crippen molar-refractivity contribution < 1.29 is 9.90 Å². The van der Waals surface area contributed by atoms with Gasteiger partial charge in [0.2, 0.25) is 11.1 Å². The molecule has 0 atom stereocenters. The fraction of sp³-hybridized carbons (Fsp3) is 0.273. The van der Waals surface area contributed by atoms with Gasteiger partial charge in [0.05, 0.1) is 11.1 Å². The molecule has 5 rings (SSSR count). The SMILES string of the molecule is CN1CCc2cc(C3=C(O)C(=c4ccc5c(c4)CC[N+]=5C)C3=O)ccc21. The number of fused-ring (bicyclic) bond motifs is 2. The first-order valence-electron chi connectivity index (χ1n) is 9.09. The van der Waals surface area contributed by atoms with E-state index in [2.05, 4.69) is 47.8 Å². The van der Waals surface area contributed by atoms with Crippen molar-refractivity contribution in [2.45, 2.75) is 12.8 Å². The number of carbonyl (C=O) groups is 1. The van der Waals surface area contributed by atoms with Gasteiger partial charge in [-0.3, -0.25) is 4.79 Å². The Morgan fingerprint density at radius 2 is 1.88 bits per heavy atom. The topological polar surface area (TPSA) is 43.5 Å². The van der Waals surface area contributed by atoms with Crippen molar-refractivity contribution in [3.63, 3.8) is 0 Å². The zero-order valence-electron chi connectivity index (χ0n) is 15.0. The van der Waals surface area contributed by atoms with Gasteiger partial charge in [-0.15, -0.1) is 0 Å². The molecule has 0 spiro atoms. The Kier molecular flexibility index (Phi) is 3.14. The number of carbonyl (C=O) groups excluding carboxylic acids is 1.